The van der Waals surface area contributed by atoms with Crippen molar-refractivity contribution in [2.75, 3.05) is 5.73 Å². The second-order valence-corrected chi connectivity index (χ2v) is 5.83. The van der Waals surface area contributed by atoms with Crippen LogP contribution in [0.25, 0.3) is 11.0 Å². The van der Waals surface area contributed by atoms with Crippen LogP contribution in [0.1, 0.15) is 21.5 Å². The first kappa shape index (κ1) is 16.1. The maximum absolute atomic E-state index is 12.2. The molecule has 122 valence electrons. The maximum Gasteiger partial charge on any atom is 0.340 e. The van der Waals surface area contributed by atoms with Gasteiger partial charge in [0, 0.05) is 27.7 Å². The summed E-state index contributed by atoms with van der Waals surface area (Å²) in [6.07, 6.45) is 0. The molecule has 0 unspecified atom stereocenters. The number of carbonyl (C=O) groups is 1. The average Bonchev–Trinajstić information content (AvgIpc) is 2.51. The van der Waals surface area contributed by atoms with E-state index in [0.717, 1.165) is 10.9 Å². The number of nitrogen functional groups attached to an aromatic ring is 1. The Labute approximate surface area is 142 Å². The maximum atomic E-state index is 12.2. The van der Waals surface area contributed by atoms with Crippen LogP contribution in [-0.2, 0) is 11.3 Å². The number of nitrogens with two attached hydrogens (primary N) is 1. The lowest BCUT2D eigenvalue weighted by molar-refractivity contribution is 0.0475. The third-order valence-corrected chi connectivity index (χ3v) is 3.81. The lowest BCUT2D eigenvalue weighted by Crippen LogP contribution is -2.10. The molecule has 0 spiro atoms. The summed E-state index contributed by atoms with van der Waals surface area (Å²) in [6.45, 7) is 1.83. The molecule has 5 nitrogen and oxygen atoms in total. The Kier molecular flexibility index (Phi) is 4.27. The number of rotatable bonds is 3. The highest BCUT2D eigenvalue weighted by molar-refractivity contribution is 6.31. The lowest BCUT2D eigenvalue weighted by Gasteiger charge is -2.09. The molecule has 0 bridgehead atoms. The molecule has 6 heteroatoms. The first-order valence-electron chi connectivity index (χ1n) is 7.19. The van der Waals surface area contributed by atoms with Gasteiger partial charge in [0.25, 0.3) is 0 Å². The summed E-state index contributed by atoms with van der Waals surface area (Å²) in [6, 6.07) is 11.3. The summed E-state index contributed by atoms with van der Waals surface area (Å²) >= 11 is 5.81. The molecular weight excluding hydrogens is 330 g/mol. The van der Waals surface area contributed by atoms with Crippen LogP contribution in [0.4, 0.5) is 5.69 Å². The number of benzene rings is 2. The predicted molar refractivity (Wildman–Crippen MR) is 92.2 cm³/mol. The van der Waals surface area contributed by atoms with Crippen LogP contribution < -0.4 is 11.4 Å². The molecule has 24 heavy (non-hydrogen) atoms. The number of esters is 1. The van der Waals surface area contributed by atoms with E-state index in [0.29, 0.717) is 16.2 Å². The fraction of sp³-hybridized carbons (Fsp3) is 0.111. The van der Waals surface area contributed by atoms with Crippen molar-refractivity contribution >= 4 is 34.2 Å². The standard InChI is InChI=1S/C18H14ClNO4/c1-10-2-4-13-11(7-17(21)24-16(13)6-10)9-23-18(22)14-5-3-12(19)8-15(14)20/h2-8H,9,20H2,1H3. The van der Waals surface area contributed by atoms with Gasteiger partial charge in [-0.1, -0.05) is 23.7 Å². The lowest BCUT2D eigenvalue weighted by atomic mass is 10.1. The minimum absolute atomic E-state index is 0.0634. The van der Waals surface area contributed by atoms with E-state index in [9.17, 15) is 9.59 Å². The summed E-state index contributed by atoms with van der Waals surface area (Å²) in [7, 11) is 0. The molecule has 2 aromatic carbocycles. The van der Waals surface area contributed by atoms with Crippen molar-refractivity contribution in [2.24, 2.45) is 0 Å². The van der Waals surface area contributed by atoms with Crippen molar-refractivity contribution in [3.8, 4) is 0 Å². The van der Waals surface area contributed by atoms with E-state index in [2.05, 4.69) is 0 Å². The summed E-state index contributed by atoms with van der Waals surface area (Å²) in [5.74, 6) is -0.585. The van der Waals surface area contributed by atoms with Gasteiger partial charge in [-0.3, -0.25) is 0 Å². The van der Waals surface area contributed by atoms with E-state index in [1.165, 1.54) is 18.2 Å². The Balaban J connectivity index is 1.88. The van der Waals surface area contributed by atoms with E-state index in [1.54, 1.807) is 12.1 Å². The number of hydrogen-bond acceptors (Lipinski definition) is 5. The molecule has 0 saturated carbocycles. The minimum Gasteiger partial charge on any atom is -0.457 e. The van der Waals surface area contributed by atoms with Crippen LogP contribution in [0.2, 0.25) is 5.02 Å². The van der Waals surface area contributed by atoms with Gasteiger partial charge < -0.3 is 14.9 Å². The number of ether oxygens (including phenoxy) is 1. The fourth-order valence-electron chi connectivity index (χ4n) is 2.40. The van der Waals surface area contributed by atoms with E-state index >= 15 is 0 Å². The van der Waals surface area contributed by atoms with Crippen molar-refractivity contribution in [1.29, 1.82) is 0 Å². The first-order valence-corrected chi connectivity index (χ1v) is 7.57. The van der Waals surface area contributed by atoms with Crippen molar-refractivity contribution in [2.45, 2.75) is 13.5 Å². The van der Waals surface area contributed by atoms with Crippen LogP contribution in [-0.4, -0.2) is 5.97 Å². The zero-order valence-electron chi connectivity index (χ0n) is 12.8. The molecule has 1 aromatic heterocycles. The zero-order chi connectivity index (χ0) is 17.3. The fourth-order valence-corrected chi connectivity index (χ4v) is 2.58. The summed E-state index contributed by atoms with van der Waals surface area (Å²) in [5.41, 5.74) is 7.73. The van der Waals surface area contributed by atoms with Crippen LogP contribution in [0, 0.1) is 6.92 Å². The SMILES string of the molecule is Cc1ccc2c(COC(=O)c3ccc(Cl)cc3N)cc(=O)oc2c1. The number of hydrogen-bond donors (Lipinski definition) is 1. The average molecular weight is 344 g/mol. The van der Waals surface area contributed by atoms with Crippen LogP contribution in [0.15, 0.2) is 51.7 Å². The molecule has 0 amide bonds. The predicted octanol–water partition coefficient (Wildman–Crippen LogP) is 3.69. The largest absolute Gasteiger partial charge is 0.457 e. The minimum atomic E-state index is -0.585. The van der Waals surface area contributed by atoms with Gasteiger partial charge in [0.1, 0.15) is 12.2 Å². The summed E-state index contributed by atoms with van der Waals surface area (Å²) in [5, 5.41) is 1.16. The van der Waals surface area contributed by atoms with Crippen molar-refractivity contribution in [1.82, 2.24) is 0 Å². The van der Waals surface area contributed by atoms with E-state index in [4.69, 9.17) is 26.5 Å². The summed E-state index contributed by atoms with van der Waals surface area (Å²) in [4.78, 5) is 23.9. The smallest absolute Gasteiger partial charge is 0.340 e. The molecule has 0 radical (unpaired) electrons. The molecule has 0 saturated heterocycles. The normalized spacial score (nSPS) is 10.8. The molecule has 0 atom stereocenters. The van der Waals surface area contributed by atoms with Crippen molar-refractivity contribution in [3.05, 3.63) is 74.6 Å². The van der Waals surface area contributed by atoms with Gasteiger partial charge in [-0.05, 0) is 36.8 Å². The van der Waals surface area contributed by atoms with Gasteiger partial charge in [0.15, 0.2) is 0 Å². The van der Waals surface area contributed by atoms with Gasteiger partial charge >= 0.3 is 11.6 Å². The monoisotopic (exact) mass is 343 g/mol. The molecule has 2 N–H and O–H groups in total. The third-order valence-electron chi connectivity index (χ3n) is 3.58. The van der Waals surface area contributed by atoms with E-state index < -0.39 is 11.6 Å². The Morgan fingerprint density at radius 1 is 1.21 bits per heavy atom. The molecule has 0 aliphatic rings. The number of aryl methyl sites for hydroxylation is 1. The van der Waals surface area contributed by atoms with Crippen molar-refractivity contribution in [3.63, 3.8) is 0 Å². The number of fused-ring (bicyclic) bond motifs is 1. The molecule has 3 aromatic rings. The number of carbonyl (C=O) groups excluding carboxylic acids is 1. The molecular formula is C18H14ClNO4. The molecule has 0 fully saturated rings. The number of anilines is 1. The highest BCUT2D eigenvalue weighted by atomic mass is 35.5. The van der Waals surface area contributed by atoms with Crippen LogP contribution >= 0.6 is 11.6 Å². The van der Waals surface area contributed by atoms with Crippen LogP contribution in [0.5, 0.6) is 0 Å². The molecule has 3 rings (SSSR count). The van der Waals surface area contributed by atoms with Crippen molar-refractivity contribution < 1.29 is 13.9 Å². The highest BCUT2D eigenvalue weighted by Crippen LogP contribution is 2.22. The highest BCUT2D eigenvalue weighted by Gasteiger charge is 2.13. The molecule has 0 aliphatic heterocycles. The van der Waals surface area contributed by atoms with Gasteiger partial charge in [0.05, 0.1) is 5.56 Å². The van der Waals surface area contributed by atoms with Gasteiger partial charge in [-0.15, -0.1) is 0 Å². The van der Waals surface area contributed by atoms with Gasteiger partial charge in [0.2, 0.25) is 0 Å². The third kappa shape index (κ3) is 3.26. The van der Waals surface area contributed by atoms with E-state index in [1.807, 2.05) is 19.1 Å². The number of halogens is 1. The Morgan fingerprint density at radius 2 is 2.00 bits per heavy atom. The van der Waals surface area contributed by atoms with Gasteiger partial charge in [-0.25, -0.2) is 9.59 Å². The second-order valence-electron chi connectivity index (χ2n) is 5.40. The molecule has 1 heterocycles. The Hall–Kier alpha value is -2.79. The Bertz CT molecular complexity index is 994. The first-order chi connectivity index (χ1) is 11.4. The van der Waals surface area contributed by atoms with Gasteiger partial charge in [-0.2, -0.15) is 0 Å². The quantitative estimate of drug-likeness (QED) is 0.445. The van der Waals surface area contributed by atoms with Crippen LogP contribution in [0.3, 0.4) is 0 Å². The topological polar surface area (TPSA) is 82.5 Å². The zero-order valence-corrected chi connectivity index (χ0v) is 13.6. The Morgan fingerprint density at radius 3 is 2.75 bits per heavy atom. The van der Waals surface area contributed by atoms with E-state index in [-0.39, 0.29) is 17.9 Å². The summed E-state index contributed by atoms with van der Waals surface area (Å²) < 4.78 is 10.5. The second kappa shape index (κ2) is 6.37. The molecule has 0 aliphatic carbocycles.